The zero-order chi connectivity index (χ0) is 14.2. The third kappa shape index (κ3) is 2.44. The van der Waals surface area contributed by atoms with Crippen LogP contribution in [0.5, 0.6) is 0 Å². The van der Waals surface area contributed by atoms with Crippen molar-refractivity contribution < 1.29 is 0 Å². The smallest absolute Gasteiger partial charge is 0.188 e. The van der Waals surface area contributed by atoms with Crippen LogP contribution >= 0.6 is 22.9 Å². The van der Waals surface area contributed by atoms with Crippen LogP contribution in [0.25, 0.3) is 21.1 Å². The van der Waals surface area contributed by atoms with E-state index in [2.05, 4.69) is 21.4 Å². The molecular formula is C16H10ClN3S. The third-order valence-electron chi connectivity index (χ3n) is 3.20. The van der Waals surface area contributed by atoms with Gasteiger partial charge in [-0.25, -0.2) is 4.98 Å². The van der Waals surface area contributed by atoms with Gasteiger partial charge in [0.05, 0.1) is 15.7 Å². The second-order valence-electron chi connectivity index (χ2n) is 4.67. The summed E-state index contributed by atoms with van der Waals surface area (Å²) in [5.74, 6) is 0. The van der Waals surface area contributed by atoms with E-state index in [9.17, 15) is 0 Å². The number of anilines is 2. The van der Waals surface area contributed by atoms with Gasteiger partial charge in [0, 0.05) is 22.3 Å². The molecular weight excluding hydrogens is 302 g/mol. The van der Waals surface area contributed by atoms with E-state index in [0.717, 1.165) is 31.9 Å². The minimum absolute atomic E-state index is 0.705. The molecule has 0 bridgehead atoms. The van der Waals surface area contributed by atoms with Crippen LogP contribution < -0.4 is 5.32 Å². The molecule has 4 aromatic rings. The maximum Gasteiger partial charge on any atom is 0.188 e. The molecule has 2 aromatic carbocycles. The largest absolute Gasteiger partial charge is 0.332 e. The van der Waals surface area contributed by atoms with E-state index >= 15 is 0 Å². The first-order valence-electron chi connectivity index (χ1n) is 6.46. The van der Waals surface area contributed by atoms with Crippen LogP contribution in [-0.2, 0) is 0 Å². The Kier molecular flexibility index (Phi) is 2.98. The first-order chi connectivity index (χ1) is 10.3. The van der Waals surface area contributed by atoms with Gasteiger partial charge in [-0.2, -0.15) is 0 Å². The average molecular weight is 312 g/mol. The molecule has 3 nitrogen and oxygen atoms in total. The number of aromatic nitrogens is 2. The lowest BCUT2D eigenvalue weighted by atomic mass is 10.2. The van der Waals surface area contributed by atoms with E-state index in [1.54, 1.807) is 17.5 Å². The normalized spacial score (nSPS) is 11.1. The Bertz CT molecular complexity index is 948. The molecule has 21 heavy (non-hydrogen) atoms. The monoisotopic (exact) mass is 311 g/mol. The molecule has 102 valence electrons. The van der Waals surface area contributed by atoms with Gasteiger partial charge in [-0.15, -0.1) is 0 Å². The molecule has 5 heteroatoms. The molecule has 2 aromatic heterocycles. The van der Waals surface area contributed by atoms with E-state index in [1.807, 2.05) is 42.5 Å². The van der Waals surface area contributed by atoms with Crippen molar-refractivity contribution in [3.05, 3.63) is 59.8 Å². The second kappa shape index (κ2) is 4.98. The highest BCUT2D eigenvalue weighted by Gasteiger charge is 2.05. The van der Waals surface area contributed by atoms with Crippen LogP contribution in [0.4, 0.5) is 10.8 Å². The van der Waals surface area contributed by atoms with Crippen molar-refractivity contribution in [3.63, 3.8) is 0 Å². The fourth-order valence-corrected chi connectivity index (χ4v) is 3.26. The summed E-state index contributed by atoms with van der Waals surface area (Å²) in [6.07, 6.45) is 1.80. The molecule has 0 spiro atoms. The van der Waals surface area contributed by atoms with Crippen LogP contribution in [0.15, 0.2) is 54.7 Å². The fourth-order valence-electron chi connectivity index (χ4n) is 2.23. The number of nitrogens with one attached hydrogen (secondary N) is 1. The van der Waals surface area contributed by atoms with Crippen molar-refractivity contribution in [2.75, 3.05) is 5.32 Å². The molecule has 0 radical (unpaired) electrons. The van der Waals surface area contributed by atoms with E-state index < -0.39 is 0 Å². The summed E-state index contributed by atoms with van der Waals surface area (Å²) >= 11 is 7.60. The second-order valence-corrected chi connectivity index (χ2v) is 6.13. The molecule has 0 fully saturated rings. The summed E-state index contributed by atoms with van der Waals surface area (Å²) in [5, 5.41) is 6.01. The van der Waals surface area contributed by atoms with Crippen molar-refractivity contribution >= 4 is 54.9 Å². The summed E-state index contributed by atoms with van der Waals surface area (Å²) in [6, 6.07) is 15.8. The van der Waals surface area contributed by atoms with Gasteiger partial charge in [-0.1, -0.05) is 29.0 Å². The number of hydrogen-bond acceptors (Lipinski definition) is 4. The quantitative estimate of drug-likeness (QED) is 0.550. The minimum Gasteiger partial charge on any atom is -0.332 e. The highest BCUT2D eigenvalue weighted by atomic mass is 35.5. The topological polar surface area (TPSA) is 37.8 Å². The summed E-state index contributed by atoms with van der Waals surface area (Å²) < 4.78 is 1.12. The van der Waals surface area contributed by atoms with Gasteiger partial charge < -0.3 is 5.32 Å². The van der Waals surface area contributed by atoms with Gasteiger partial charge >= 0.3 is 0 Å². The molecule has 0 unspecified atom stereocenters. The Labute approximate surface area is 130 Å². The highest BCUT2D eigenvalue weighted by Crippen LogP contribution is 2.30. The molecule has 1 N–H and O–H groups in total. The predicted molar refractivity (Wildman–Crippen MR) is 89.7 cm³/mol. The third-order valence-corrected chi connectivity index (χ3v) is 4.39. The zero-order valence-electron chi connectivity index (χ0n) is 10.9. The van der Waals surface area contributed by atoms with Gasteiger partial charge in [0.1, 0.15) is 0 Å². The number of rotatable bonds is 2. The molecule has 4 rings (SSSR count). The molecule has 0 aliphatic rings. The van der Waals surface area contributed by atoms with Crippen molar-refractivity contribution in [2.24, 2.45) is 0 Å². The van der Waals surface area contributed by atoms with Crippen molar-refractivity contribution in [1.29, 1.82) is 0 Å². The standard InChI is InChI=1S/C16H10ClN3S/c17-11-3-6-15-14(9-11)20-16(21-15)19-12-4-5-13-10(8-12)2-1-7-18-13/h1-9H,(H,19,20). The van der Waals surface area contributed by atoms with Gasteiger partial charge in [0.15, 0.2) is 5.13 Å². The maximum atomic E-state index is 5.99. The molecule has 0 saturated carbocycles. The van der Waals surface area contributed by atoms with Crippen LogP contribution in [0.3, 0.4) is 0 Å². The van der Waals surface area contributed by atoms with Crippen molar-refractivity contribution in [2.45, 2.75) is 0 Å². The van der Waals surface area contributed by atoms with Crippen molar-refractivity contribution in [3.8, 4) is 0 Å². The van der Waals surface area contributed by atoms with E-state index in [4.69, 9.17) is 11.6 Å². The Hall–Kier alpha value is -2.17. The summed E-state index contributed by atoms with van der Waals surface area (Å²) in [7, 11) is 0. The lowest BCUT2D eigenvalue weighted by Gasteiger charge is -2.03. The van der Waals surface area contributed by atoms with Gasteiger partial charge in [-0.3, -0.25) is 4.98 Å². The minimum atomic E-state index is 0.705. The van der Waals surface area contributed by atoms with E-state index in [-0.39, 0.29) is 0 Å². The number of nitrogens with zero attached hydrogens (tertiary/aromatic N) is 2. The van der Waals surface area contributed by atoms with Gasteiger partial charge in [0.25, 0.3) is 0 Å². The summed E-state index contributed by atoms with van der Waals surface area (Å²) in [4.78, 5) is 8.87. The van der Waals surface area contributed by atoms with Crippen LogP contribution in [0.1, 0.15) is 0 Å². The molecule has 0 amide bonds. The maximum absolute atomic E-state index is 5.99. The Morgan fingerprint density at radius 2 is 1.95 bits per heavy atom. The summed E-state index contributed by atoms with van der Waals surface area (Å²) in [5.41, 5.74) is 2.90. The number of thiazole rings is 1. The average Bonchev–Trinajstić information content (AvgIpc) is 2.88. The first kappa shape index (κ1) is 12.6. The van der Waals surface area contributed by atoms with Gasteiger partial charge in [0.2, 0.25) is 0 Å². The number of halogens is 1. The van der Waals surface area contributed by atoms with Crippen molar-refractivity contribution in [1.82, 2.24) is 9.97 Å². The first-order valence-corrected chi connectivity index (χ1v) is 7.65. The Morgan fingerprint density at radius 3 is 2.90 bits per heavy atom. The predicted octanol–water partition coefficient (Wildman–Crippen LogP) is 5.24. The molecule has 0 aliphatic heterocycles. The fraction of sp³-hybridized carbons (Fsp3) is 0. The number of benzene rings is 2. The van der Waals surface area contributed by atoms with Crippen LogP contribution in [-0.4, -0.2) is 9.97 Å². The molecule has 0 saturated heterocycles. The number of hydrogen-bond donors (Lipinski definition) is 1. The Balaban J connectivity index is 1.71. The highest BCUT2D eigenvalue weighted by molar-refractivity contribution is 7.22. The lowest BCUT2D eigenvalue weighted by Crippen LogP contribution is -1.89. The van der Waals surface area contributed by atoms with E-state index in [1.165, 1.54) is 0 Å². The van der Waals surface area contributed by atoms with Gasteiger partial charge in [-0.05, 0) is 42.5 Å². The zero-order valence-corrected chi connectivity index (χ0v) is 12.4. The molecule has 0 atom stereocenters. The summed E-state index contributed by atoms with van der Waals surface area (Å²) in [6.45, 7) is 0. The Morgan fingerprint density at radius 1 is 1.00 bits per heavy atom. The lowest BCUT2D eigenvalue weighted by molar-refractivity contribution is 1.40. The van der Waals surface area contributed by atoms with Crippen LogP contribution in [0.2, 0.25) is 5.02 Å². The number of pyridine rings is 1. The van der Waals surface area contributed by atoms with Crippen LogP contribution in [0, 0.1) is 0 Å². The molecule has 2 heterocycles. The van der Waals surface area contributed by atoms with E-state index in [0.29, 0.717) is 5.02 Å². The molecule has 0 aliphatic carbocycles. The number of fused-ring (bicyclic) bond motifs is 2. The SMILES string of the molecule is Clc1ccc2sc(Nc3ccc4ncccc4c3)nc2c1.